The molecule has 0 unspecified atom stereocenters. The van der Waals surface area contributed by atoms with Gasteiger partial charge in [0.1, 0.15) is 0 Å². The molecule has 3 aromatic carbocycles. The molecule has 172 valence electrons. The number of benzene rings is 3. The first-order valence-corrected chi connectivity index (χ1v) is 12.3. The summed E-state index contributed by atoms with van der Waals surface area (Å²) in [6, 6.07) is 17.4. The van der Waals surface area contributed by atoms with Gasteiger partial charge in [-0.05, 0) is 88.7 Å². The van der Waals surface area contributed by atoms with Crippen molar-refractivity contribution in [3.05, 3.63) is 53.6 Å². The Morgan fingerprint density at radius 3 is 1.84 bits per heavy atom. The smallest absolute Gasteiger partial charge is 0.0484 e. The second kappa shape index (κ2) is 10.8. The average molecular weight is 453 g/mol. The van der Waals surface area contributed by atoms with Gasteiger partial charge in [0.15, 0.2) is 0 Å². The summed E-state index contributed by atoms with van der Waals surface area (Å²) in [7, 11) is 6.76. The number of halogens is 1. The van der Waals surface area contributed by atoms with Crippen molar-refractivity contribution in [2.24, 2.45) is 0 Å². The molecule has 0 N–H and O–H groups in total. The van der Waals surface area contributed by atoms with Crippen molar-refractivity contribution in [1.82, 2.24) is 14.7 Å². The van der Waals surface area contributed by atoms with Gasteiger partial charge < -0.3 is 19.6 Å². The van der Waals surface area contributed by atoms with E-state index in [9.17, 15) is 0 Å². The molecule has 0 saturated carbocycles. The predicted octanol–water partition coefficient (Wildman–Crippen LogP) is 5.04. The first-order valence-electron chi connectivity index (χ1n) is 11.9. The molecule has 1 fully saturated rings. The number of likely N-dealkylation sites (N-methyl/N-ethyl adjacent to an activating group) is 3. The number of anilines is 1. The molecule has 4 nitrogen and oxygen atoms in total. The van der Waals surface area contributed by atoms with Crippen LogP contribution in [-0.4, -0.2) is 88.2 Å². The minimum atomic E-state index is 0.825. The van der Waals surface area contributed by atoms with Crippen molar-refractivity contribution < 1.29 is 0 Å². The number of hydrogen-bond donors (Lipinski definition) is 0. The molecular formula is C27H37ClN4. The van der Waals surface area contributed by atoms with E-state index >= 15 is 0 Å². The van der Waals surface area contributed by atoms with Crippen molar-refractivity contribution in [1.29, 1.82) is 0 Å². The Hall–Kier alpha value is -1.85. The van der Waals surface area contributed by atoms with E-state index in [0.717, 1.165) is 62.6 Å². The third-order valence-corrected chi connectivity index (χ3v) is 7.14. The van der Waals surface area contributed by atoms with Crippen LogP contribution in [0.25, 0.3) is 21.5 Å². The monoisotopic (exact) mass is 452 g/mol. The molecule has 0 spiro atoms. The van der Waals surface area contributed by atoms with Gasteiger partial charge in [-0.25, -0.2) is 0 Å². The molecule has 5 heteroatoms. The van der Waals surface area contributed by atoms with Gasteiger partial charge in [-0.2, -0.15) is 0 Å². The van der Waals surface area contributed by atoms with Crippen LogP contribution in [0.1, 0.15) is 12.8 Å². The lowest BCUT2D eigenvalue weighted by Crippen LogP contribution is -2.38. The molecule has 1 saturated heterocycles. The molecule has 0 aliphatic carbocycles. The SMILES string of the molecule is CN1CCCN(C)CCN(c2cccc3cc4cccc(Cl)c4cc23)CCCN(C)CC1. The summed E-state index contributed by atoms with van der Waals surface area (Å²) in [6.45, 7) is 8.88. The van der Waals surface area contributed by atoms with E-state index in [0.29, 0.717) is 0 Å². The Balaban J connectivity index is 1.63. The van der Waals surface area contributed by atoms with Crippen LogP contribution in [0, 0.1) is 0 Å². The van der Waals surface area contributed by atoms with E-state index in [1.54, 1.807) is 0 Å². The topological polar surface area (TPSA) is 13.0 Å². The molecule has 0 radical (unpaired) electrons. The summed E-state index contributed by atoms with van der Waals surface area (Å²) in [4.78, 5) is 10.0. The minimum Gasteiger partial charge on any atom is -0.370 e. The van der Waals surface area contributed by atoms with Crippen LogP contribution >= 0.6 is 11.6 Å². The zero-order valence-electron chi connectivity index (χ0n) is 19.9. The zero-order valence-corrected chi connectivity index (χ0v) is 20.6. The second-order valence-corrected chi connectivity index (χ2v) is 9.82. The van der Waals surface area contributed by atoms with Gasteiger partial charge in [0.2, 0.25) is 0 Å². The molecule has 1 aliphatic heterocycles. The standard InChI is InChI=1S/C27H37ClN4/c1-29-12-6-13-31(3)18-19-32(15-7-14-30(2)17-16-29)27-11-5-9-23-20-22-8-4-10-26(28)24(22)21-25(23)27/h4-5,8-11,20-21H,6-7,12-19H2,1-3H3. The maximum absolute atomic E-state index is 6.56. The molecular weight excluding hydrogens is 416 g/mol. The molecule has 4 rings (SSSR count). The van der Waals surface area contributed by atoms with Gasteiger partial charge in [0.05, 0.1) is 0 Å². The predicted molar refractivity (Wildman–Crippen MR) is 140 cm³/mol. The lowest BCUT2D eigenvalue weighted by Gasteiger charge is -2.31. The molecule has 3 aromatic rings. The Morgan fingerprint density at radius 2 is 1.16 bits per heavy atom. The average Bonchev–Trinajstić information content (AvgIpc) is 2.78. The maximum Gasteiger partial charge on any atom is 0.0484 e. The zero-order chi connectivity index (χ0) is 22.5. The van der Waals surface area contributed by atoms with Gasteiger partial charge in [-0.1, -0.05) is 35.9 Å². The fraction of sp³-hybridized carbons (Fsp3) is 0.481. The fourth-order valence-electron chi connectivity index (χ4n) is 4.74. The van der Waals surface area contributed by atoms with Crippen LogP contribution in [0.2, 0.25) is 5.02 Å². The molecule has 1 aliphatic rings. The normalized spacial score (nSPS) is 19.4. The number of rotatable bonds is 1. The first-order chi connectivity index (χ1) is 15.5. The number of hydrogen-bond acceptors (Lipinski definition) is 4. The van der Waals surface area contributed by atoms with E-state index in [2.05, 4.69) is 77.1 Å². The Morgan fingerprint density at radius 1 is 0.594 bits per heavy atom. The Kier molecular flexibility index (Phi) is 7.90. The van der Waals surface area contributed by atoms with Crippen LogP contribution in [-0.2, 0) is 0 Å². The van der Waals surface area contributed by atoms with Crippen LogP contribution in [0.15, 0.2) is 48.5 Å². The van der Waals surface area contributed by atoms with Crippen molar-refractivity contribution in [3.8, 4) is 0 Å². The van der Waals surface area contributed by atoms with Crippen molar-refractivity contribution >= 4 is 38.8 Å². The molecule has 0 amide bonds. The maximum atomic E-state index is 6.56. The van der Waals surface area contributed by atoms with Crippen molar-refractivity contribution in [2.45, 2.75) is 12.8 Å². The highest BCUT2D eigenvalue weighted by Gasteiger charge is 2.14. The summed E-state index contributed by atoms with van der Waals surface area (Å²) in [5.74, 6) is 0. The highest BCUT2D eigenvalue weighted by molar-refractivity contribution is 6.36. The largest absolute Gasteiger partial charge is 0.370 e. The summed E-state index contributed by atoms with van der Waals surface area (Å²) in [5.41, 5.74) is 1.33. The van der Waals surface area contributed by atoms with Crippen LogP contribution < -0.4 is 4.90 Å². The van der Waals surface area contributed by atoms with E-state index in [4.69, 9.17) is 11.6 Å². The number of fused-ring (bicyclic) bond motifs is 2. The first kappa shape index (κ1) is 23.3. The van der Waals surface area contributed by atoms with Crippen LogP contribution in [0.4, 0.5) is 5.69 Å². The van der Waals surface area contributed by atoms with E-state index in [-0.39, 0.29) is 0 Å². The number of nitrogens with zero attached hydrogens (tertiary/aromatic N) is 4. The second-order valence-electron chi connectivity index (χ2n) is 9.42. The van der Waals surface area contributed by atoms with Crippen molar-refractivity contribution in [2.75, 3.05) is 78.4 Å². The summed E-state index contributed by atoms with van der Waals surface area (Å²) >= 11 is 6.56. The van der Waals surface area contributed by atoms with Crippen LogP contribution in [0.5, 0.6) is 0 Å². The molecule has 32 heavy (non-hydrogen) atoms. The van der Waals surface area contributed by atoms with Gasteiger partial charge >= 0.3 is 0 Å². The summed E-state index contributed by atoms with van der Waals surface area (Å²) < 4.78 is 0. The third kappa shape index (κ3) is 5.74. The molecule has 1 heterocycles. The molecule has 0 atom stereocenters. The highest BCUT2D eigenvalue weighted by atomic mass is 35.5. The quantitative estimate of drug-likeness (QED) is 0.479. The van der Waals surface area contributed by atoms with Gasteiger partial charge in [0.25, 0.3) is 0 Å². The van der Waals surface area contributed by atoms with Gasteiger partial charge in [-0.3, -0.25) is 0 Å². The Bertz CT molecular complexity index is 1040. The molecule has 0 bridgehead atoms. The van der Waals surface area contributed by atoms with Gasteiger partial charge in [-0.15, -0.1) is 0 Å². The fourth-order valence-corrected chi connectivity index (χ4v) is 4.97. The van der Waals surface area contributed by atoms with Crippen LogP contribution in [0.3, 0.4) is 0 Å². The van der Waals surface area contributed by atoms with E-state index in [1.807, 2.05) is 12.1 Å². The summed E-state index contributed by atoms with van der Waals surface area (Å²) in [6.07, 6.45) is 2.38. The minimum absolute atomic E-state index is 0.825. The van der Waals surface area contributed by atoms with E-state index in [1.165, 1.54) is 34.8 Å². The Labute approximate surface area is 198 Å². The lowest BCUT2D eigenvalue weighted by atomic mass is 10.0. The highest BCUT2D eigenvalue weighted by Crippen LogP contribution is 2.33. The van der Waals surface area contributed by atoms with Gasteiger partial charge in [0, 0.05) is 54.2 Å². The third-order valence-electron chi connectivity index (χ3n) is 6.81. The lowest BCUT2D eigenvalue weighted by molar-refractivity contribution is 0.237. The van der Waals surface area contributed by atoms with E-state index < -0.39 is 0 Å². The van der Waals surface area contributed by atoms with Crippen molar-refractivity contribution in [3.63, 3.8) is 0 Å². The molecule has 0 aromatic heterocycles. The summed E-state index contributed by atoms with van der Waals surface area (Å²) in [5, 5.41) is 5.75.